The molecule has 2 unspecified atom stereocenters. The van der Waals surface area contributed by atoms with Gasteiger partial charge in [0.25, 0.3) is 0 Å². The van der Waals surface area contributed by atoms with Crippen molar-refractivity contribution in [3.63, 3.8) is 0 Å². The van der Waals surface area contributed by atoms with Gasteiger partial charge in [-0.05, 0) is 18.3 Å². The zero-order valence-electron chi connectivity index (χ0n) is 18.3. The van der Waals surface area contributed by atoms with Crippen LogP contribution in [0, 0.1) is 23.7 Å². The zero-order valence-corrected chi connectivity index (χ0v) is 18.3. The van der Waals surface area contributed by atoms with Crippen molar-refractivity contribution in [1.29, 1.82) is 0 Å². The van der Waals surface area contributed by atoms with Crippen molar-refractivity contribution < 1.29 is 38.1 Å². The maximum atomic E-state index is 12.3. The molecule has 5 atom stereocenters. The van der Waals surface area contributed by atoms with Gasteiger partial charge in [-0.3, -0.25) is 14.4 Å². The Morgan fingerprint density at radius 3 is 2.30 bits per heavy atom. The molecule has 30 heavy (non-hydrogen) atoms. The predicted octanol–water partition coefficient (Wildman–Crippen LogP) is 2.74. The fraction of sp³-hybridized carbons (Fsp3) is 0.773. The molecule has 0 aromatic carbocycles. The Morgan fingerprint density at radius 2 is 1.73 bits per heavy atom. The minimum absolute atomic E-state index is 0.0856. The van der Waals surface area contributed by atoms with Crippen LogP contribution in [0.15, 0.2) is 11.8 Å². The summed E-state index contributed by atoms with van der Waals surface area (Å²) in [4.78, 5) is 35.9. The average Bonchev–Trinajstić information content (AvgIpc) is 3.33. The lowest BCUT2D eigenvalue weighted by atomic mass is 9.83. The van der Waals surface area contributed by atoms with E-state index < -0.39 is 24.0 Å². The van der Waals surface area contributed by atoms with Gasteiger partial charge in [-0.1, -0.05) is 27.7 Å². The van der Waals surface area contributed by atoms with E-state index in [1.807, 2.05) is 27.7 Å². The normalized spacial score (nSPS) is 31.8. The van der Waals surface area contributed by atoms with Crippen molar-refractivity contribution in [3.05, 3.63) is 11.8 Å². The summed E-state index contributed by atoms with van der Waals surface area (Å²) >= 11 is 0. The van der Waals surface area contributed by atoms with E-state index in [9.17, 15) is 14.4 Å². The highest BCUT2D eigenvalue weighted by Gasteiger charge is 2.70. The van der Waals surface area contributed by atoms with Crippen LogP contribution in [0.25, 0.3) is 0 Å². The van der Waals surface area contributed by atoms with Crippen LogP contribution >= 0.6 is 0 Å². The number of carbonyl (C=O) groups excluding carboxylic acids is 3. The van der Waals surface area contributed by atoms with E-state index >= 15 is 0 Å². The number of ether oxygens (including phenoxy) is 5. The summed E-state index contributed by atoms with van der Waals surface area (Å²) in [5.74, 6) is -1.13. The topological polar surface area (TPSA) is 101 Å². The Labute approximate surface area is 177 Å². The van der Waals surface area contributed by atoms with Gasteiger partial charge in [0.1, 0.15) is 18.3 Å². The summed E-state index contributed by atoms with van der Waals surface area (Å²) in [6.45, 7) is 9.62. The van der Waals surface area contributed by atoms with Crippen molar-refractivity contribution in [3.8, 4) is 0 Å². The molecule has 1 saturated carbocycles. The van der Waals surface area contributed by atoms with Crippen LogP contribution in [-0.4, -0.2) is 49.1 Å². The second-order valence-corrected chi connectivity index (χ2v) is 9.25. The highest BCUT2D eigenvalue weighted by Crippen LogP contribution is 2.57. The van der Waals surface area contributed by atoms with Crippen molar-refractivity contribution >= 4 is 17.9 Å². The van der Waals surface area contributed by atoms with Crippen LogP contribution < -0.4 is 0 Å². The van der Waals surface area contributed by atoms with Crippen LogP contribution in [0.5, 0.6) is 0 Å². The van der Waals surface area contributed by atoms with Gasteiger partial charge >= 0.3 is 17.9 Å². The molecule has 3 rings (SSSR count). The smallest absolute Gasteiger partial charge is 0.309 e. The summed E-state index contributed by atoms with van der Waals surface area (Å²) in [6.07, 6.45) is 1.33. The lowest BCUT2D eigenvalue weighted by molar-refractivity contribution is -0.192. The van der Waals surface area contributed by atoms with E-state index in [4.69, 9.17) is 23.7 Å². The largest absolute Gasteiger partial charge is 0.462 e. The molecule has 2 heterocycles. The molecule has 0 aromatic heterocycles. The third kappa shape index (κ3) is 4.96. The lowest BCUT2D eigenvalue weighted by Gasteiger charge is -2.35. The number of hydrogen-bond donors (Lipinski definition) is 0. The average molecular weight is 424 g/mol. The van der Waals surface area contributed by atoms with Crippen molar-refractivity contribution in [2.45, 2.75) is 71.9 Å². The SMILES string of the molecule is CC(=O)OC1C[C@H]2C(COC(=O)CC(C)C)=COC(OC(=O)CC(C)C)[C@@H]2[C@@]12CO2. The monoisotopic (exact) mass is 424 g/mol. The van der Waals surface area contributed by atoms with Gasteiger partial charge in [0.15, 0.2) is 0 Å². The number of fused-ring (bicyclic) bond motifs is 2. The molecular formula is C22H32O8. The molecule has 0 N–H and O–H groups in total. The molecule has 0 bridgehead atoms. The minimum atomic E-state index is -0.834. The second-order valence-electron chi connectivity index (χ2n) is 9.25. The van der Waals surface area contributed by atoms with E-state index in [0.717, 1.165) is 5.57 Å². The first-order chi connectivity index (χ1) is 14.1. The van der Waals surface area contributed by atoms with Gasteiger partial charge in [0, 0.05) is 31.3 Å². The molecular weight excluding hydrogens is 392 g/mol. The fourth-order valence-electron chi connectivity index (χ4n) is 4.38. The first-order valence-electron chi connectivity index (χ1n) is 10.6. The summed E-state index contributed by atoms with van der Waals surface area (Å²) in [5, 5.41) is 0. The number of carbonyl (C=O) groups is 3. The predicted molar refractivity (Wildman–Crippen MR) is 105 cm³/mol. The molecule has 1 aliphatic carbocycles. The van der Waals surface area contributed by atoms with Crippen LogP contribution in [0.2, 0.25) is 0 Å². The maximum Gasteiger partial charge on any atom is 0.309 e. The summed E-state index contributed by atoms with van der Waals surface area (Å²) in [6, 6.07) is 0. The van der Waals surface area contributed by atoms with Crippen LogP contribution in [0.1, 0.15) is 53.9 Å². The Balaban J connectivity index is 1.77. The van der Waals surface area contributed by atoms with Crippen molar-refractivity contribution in [2.24, 2.45) is 23.7 Å². The summed E-state index contributed by atoms with van der Waals surface area (Å²) < 4.78 is 28.2. The van der Waals surface area contributed by atoms with Gasteiger partial charge in [0.2, 0.25) is 6.29 Å². The maximum absolute atomic E-state index is 12.3. The third-order valence-electron chi connectivity index (χ3n) is 5.72. The minimum Gasteiger partial charge on any atom is -0.462 e. The highest BCUT2D eigenvalue weighted by atomic mass is 16.7. The van der Waals surface area contributed by atoms with Gasteiger partial charge in [-0.25, -0.2) is 0 Å². The van der Waals surface area contributed by atoms with Crippen molar-refractivity contribution in [2.75, 3.05) is 13.2 Å². The van der Waals surface area contributed by atoms with Crippen LogP contribution in [0.3, 0.4) is 0 Å². The Hall–Kier alpha value is -2.09. The van der Waals surface area contributed by atoms with E-state index in [2.05, 4.69) is 0 Å². The number of epoxide rings is 1. The standard InChI is InChI=1S/C22H32O8/c1-12(2)6-18(24)26-9-15-10-27-21(30-19(25)7-13(3)4)20-16(15)8-17(29-14(5)23)22(20)11-28-22/h10,12-13,16-17,20-21H,6-9,11H2,1-5H3/t16-,17?,20+,21?,22+/m0/s1. The first kappa shape index (κ1) is 22.6. The van der Waals surface area contributed by atoms with Crippen LogP contribution in [-0.2, 0) is 38.1 Å². The summed E-state index contributed by atoms with van der Waals surface area (Å²) in [5.41, 5.74) is 0.0402. The van der Waals surface area contributed by atoms with Crippen LogP contribution in [0.4, 0.5) is 0 Å². The molecule has 2 aliphatic heterocycles. The molecule has 8 nitrogen and oxygen atoms in total. The lowest BCUT2D eigenvalue weighted by Crippen LogP contribution is -2.45. The second kappa shape index (κ2) is 8.96. The molecule has 0 aromatic rings. The highest BCUT2D eigenvalue weighted by molar-refractivity contribution is 5.70. The van der Waals surface area contributed by atoms with Crippen molar-refractivity contribution in [1.82, 2.24) is 0 Å². The molecule has 3 aliphatic rings. The zero-order chi connectivity index (χ0) is 22.1. The molecule has 2 fully saturated rings. The number of hydrogen-bond acceptors (Lipinski definition) is 8. The van der Waals surface area contributed by atoms with Gasteiger partial charge in [0.05, 0.1) is 18.8 Å². The van der Waals surface area contributed by atoms with Gasteiger partial charge < -0.3 is 23.7 Å². The Bertz CT molecular complexity index is 706. The third-order valence-corrected chi connectivity index (χ3v) is 5.72. The van der Waals surface area contributed by atoms with E-state index in [1.54, 1.807) is 0 Å². The Kier molecular flexibility index (Phi) is 6.75. The van der Waals surface area contributed by atoms with E-state index in [0.29, 0.717) is 19.4 Å². The molecule has 1 spiro atoms. The molecule has 0 radical (unpaired) electrons. The van der Waals surface area contributed by atoms with Gasteiger partial charge in [-0.2, -0.15) is 0 Å². The Morgan fingerprint density at radius 1 is 1.10 bits per heavy atom. The first-order valence-corrected chi connectivity index (χ1v) is 10.6. The van der Waals surface area contributed by atoms with E-state index in [-0.39, 0.29) is 48.6 Å². The molecule has 168 valence electrons. The number of rotatable bonds is 8. The fourth-order valence-corrected chi connectivity index (χ4v) is 4.38. The quantitative estimate of drug-likeness (QED) is 0.333. The summed E-state index contributed by atoms with van der Waals surface area (Å²) in [7, 11) is 0. The molecule has 1 saturated heterocycles. The molecule has 0 amide bonds. The van der Waals surface area contributed by atoms with E-state index in [1.165, 1.54) is 13.2 Å². The number of esters is 3. The molecule has 8 heteroatoms. The van der Waals surface area contributed by atoms with Gasteiger partial charge in [-0.15, -0.1) is 0 Å².